The van der Waals surface area contributed by atoms with Gasteiger partial charge in [0.2, 0.25) is 0 Å². The Morgan fingerprint density at radius 1 is 0.600 bits per heavy atom. The first-order valence-corrected chi connectivity index (χ1v) is 5.88. The smallest absolute Gasteiger partial charge is 0.258 e. The number of carbonyl (C=O) groups excluding carboxylic acids is 4. The number of fused-ring (bicyclic) bond motifs is 5. The number of carbonyl (C=O) groups is 4. The second kappa shape index (κ2) is 3.30. The van der Waals surface area contributed by atoms with E-state index in [9.17, 15) is 19.2 Å². The summed E-state index contributed by atoms with van der Waals surface area (Å²) < 4.78 is 0. The molecule has 6 nitrogen and oxygen atoms in total. The van der Waals surface area contributed by atoms with Gasteiger partial charge in [0.05, 0.1) is 11.1 Å². The standard InChI is InChI=1S/C14H6N2O4/c17-11-6-1-5-2-9-10(14(20)16-13(9)19)4-7(5)8(3-6)12(18)15-11/h1-4H,(H,15,17,18)(H,16,19,20). The van der Waals surface area contributed by atoms with Crippen LogP contribution in [0.15, 0.2) is 24.3 Å². The van der Waals surface area contributed by atoms with Crippen molar-refractivity contribution in [1.29, 1.82) is 0 Å². The van der Waals surface area contributed by atoms with Crippen LogP contribution in [0.3, 0.4) is 0 Å². The largest absolute Gasteiger partial charge is 0.288 e. The summed E-state index contributed by atoms with van der Waals surface area (Å²) >= 11 is 0. The van der Waals surface area contributed by atoms with Gasteiger partial charge in [-0.2, -0.15) is 0 Å². The molecule has 4 amide bonds. The van der Waals surface area contributed by atoms with Crippen LogP contribution in [-0.4, -0.2) is 23.6 Å². The van der Waals surface area contributed by atoms with Gasteiger partial charge in [0.15, 0.2) is 0 Å². The van der Waals surface area contributed by atoms with E-state index in [-0.39, 0.29) is 11.1 Å². The third-order valence-corrected chi connectivity index (χ3v) is 3.54. The van der Waals surface area contributed by atoms with Crippen molar-refractivity contribution in [2.24, 2.45) is 0 Å². The maximum Gasteiger partial charge on any atom is 0.258 e. The Morgan fingerprint density at radius 3 is 1.95 bits per heavy atom. The van der Waals surface area contributed by atoms with Crippen LogP contribution in [0, 0.1) is 0 Å². The molecular formula is C14H6N2O4. The van der Waals surface area contributed by atoms with E-state index in [0.717, 1.165) is 0 Å². The number of benzene rings is 2. The molecule has 0 unspecified atom stereocenters. The van der Waals surface area contributed by atoms with Crippen LogP contribution < -0.4 is 10.6 Å². The molecule has 0 aliphatic carbocycles. The van der Waals surface area contributed by atoms with Gasteiger partial charge < -0.3 is 0 Å². The van der Waals surface area contributed by atoms with Crippen LogP contribution in [0.1, 0.15) is 41.4 Å². The molecule has 6 heteroatoms. The van der Waals surface area contributed by atoms with Gasteiger partial charge in [0, 0.05) is 11.1 Å². The van der Waals surface area contributed by atoms with Crippen molar-refractivity contribution in [3.8, 4) is 0 Å². The topological polar surface area (TPSA) is 92.3 Å². The summed E-state index contributed by atoms with van der Waals surface area (Å²) in [5.41, 5.74) is 1.19. The van der Waals surface area contributed by atoms with Gasteiger partial charge in [0.25, 0.3) is 23.6 Å². The normalized spacial score (nSPS) is 16.2. The molecule has 0 atom stereocenters. The van der Waals surface area contributed by atoms with Crippen molar-refractivity contribution < 1.29 is 19.2 Å². The van der Waals surface area contributed by atoms with E-state index in [1.807, 2.05) is 0 Å². The van der Waals surface area contributed by atoms with Crippen molar-refractivity contribution >= 4 is 34.4 Å². The molecule has 2 N–H and O–H groups in total. The first-order valence-electron chi connectivity index (χ1n) is 5.88. The first kappa shape index (κ1) is 10.9. The third-order valence-electron chi connectivity index (χ3n) is 3.54. The molecule has 2 aromatic rings. The third kappa shape index (κ3) is 1.22. The number of amides is 4. The van der Waals surface area contributed by atoms with E-state index in [0.29, 0.717) is 21.9 Å². The van der Waals surface area contributed by atoms with Crippen LogP contribution >= 0.6 is 0 Å². The second-order valence-corrected chi connectivity index (χ2v) is 4.71. The predicted molar refractivity (Wildman–Crippen MR) is 67.5 cm³/mol. The minimum atomic E-state index is -0.502. The summed E-state index contributed by atoms with van der Waals surface area (Å²) in [7, 11) is 0. The fourth-order valence-electron chi connectivity index (χ4n) is 2.59. The molecule has 2 aliphatic rings. The van der Waals surface area contributed by atoms with Gasteiger partial charge in [-0.15, -0.1) is 0 Å². The molecule has 4 rings (SSSR count). The SMILES string of the molecule is O=C1NC(=O)c2cc1cc1cc3c(cc21)C(=O)NC3=O. The Morgan fingerprint density at radius 2 is 1.20 bits per heavy atom. The van der Waals surface area contributed by atoms with Crippen LogP contribution in [0.5, 0.6) is 0 Å². The van der Waals surface area contributed by atoms with E-state index < -0.39 is 23.6 Å². The van der Waals surface area contributed by atoms with Gasteiger partial charge in [-0.1, -0.05) is 0 Å². The fraction of sp³-hybridized carbons (Fsp3) is 0. The lowest BCUT2D eigenvalue weighted by atomic mass is 9.94. The summed E-state index contributed by atoms with van der Waals surface area (Å²) in [5, 5.41) is 5.56. The Kier molecular flexibility index (Phi) is 1.79. The number of hydrogen-bond donors (Lipinski definition) is 2. The van der Waals surface area contributed by atoms with Crippen LogP contribution in [0.2, 0.25) is 0 Å². The van der Waals surface area contributed by atoms with Crippen molar-refractivity contribution in [3.05, 3.63) is 46.5 Å². The highest BCUT2D eigenvalue weighted by Gasteiger charge is 2.29. The number of hydrogen-bond acceptors (Lipinski definition) is 4. The first-order chi connectivity index (χ1) is 9.54. The zero-order chi connectivity index (χ0) is 14.0. The van der Waals surface area contributed by atoms with E-state index >= 15 is 0 Å². The molecule has 20 heavy (non-hydrogen) atoms. The molecule has 2 bridgehead atoms. The quantitative estimate of drug-likeness (QED) is 0.683. The molecule has 2 heterocycles. The van der Waals surface area contributed by atoms with Crippen molar-refractivity contribution in [2.75, 3.05) is 0 Å². The highest BCUT2D eigenvalue weighted by atomic mass is 16.2. The maximum absolute atomic E-state index is 11.8. The Balaban J connectivity index is 2.14. The zero-order valence-corrected chi connectivity index (χ0v) is 9.94. The summed E-state index contributed by atoms with van der Waals surface area (Å²) in [6.45, 7) is 0. The average molecular weight is 266 g/mol. The highest BCUT2D eigenvalue weighted by molar-refractivity contribution is 6.26. The summed E-state index contributed by atoms with van der Waals surface area (Å²) in [4.78, 5) is 46.7. The fourth-order valence-corrected chi connectivity index (χ4v) is 2.59. The van der Waals surface area contributed by atoms with Crippen LogP contribution in [0.25, 0.3) is 10.8 Å². The number of imide groups is 2. The van der Waals surface area contributed by atoms with Crippen molar-refractivity contribution in [1.82, 2.24) is 10.6 Å². The van der Waals surface area contributed by atoms with Gasteiger partial charge in [0.1, 0.15) is 0 Å². The minimum absolute atomic E-state index is 0.246. The van der Waals surface area contributed by atoms with Crippen LogP contribution in [-0.2, 0) is 0 Å². The molecule has 0 radical (unpaired) electrons. The molecule has 2 aliphatic heterocycles. The molecule has 0 saturated carbocycles. The second-order valence-electron chi connectivity index (χ2n) is 4.71. The predicted octanol–water partition coefficient (Wildman–Crippen LogP) is 0.607. The van der Waals surface area contributed by atoms with Gasteiger partial charge in [-0.25, -0.2) is 0 Å². The van der Waals surface area contributed by atoms with Gasteiger partial charge in [-0.3, -0.25) is 29.8 Å². The molecule has 0 saturated heterocycles. The van der Waals surface area contributed by atoms with E-state index in [1.54, 1.807) is 6.07 Å². The Bertz CT molecular complexity index is 882. The summed E-state index contributed by atoms with van der Waals surface area (Å²) in [6.07, 6.45) is 0. The number of nitrogens with one attached hydrogen (secondary N) is 2. The minimum Gasteiger partial charge on any atom is -0.288 e. The Hall–Kier alpha value is -3.02. The maximum atomic E-state index is 11.8. The van der Waals surface area contributed by atoms with Crippen molar-refractivity contribution in [2.45, 2.75) is 0 Å². The van der Waals surface area contributed by atoms with E-state index in [2.05, 4.69) is 10.6 Å². The van der Waals surface area contributed by atoms with Gasteiger partial charge >= 0.3 is 0 Å². The average Bonchev–Trinajstić information content (AvgIpc) is 2.69. The monoisotopic (exact) mass is 266 g/mol. The molecule has 0 fully saturated rings. The van der Waals surface area contributed by atoms with Crippen LogP contribution in [0.4, 0.5) is 0 Å². The zero-order valence-electron chi connectivity index (χ0n) is 9.94. The molecule has 0 spiro atoms. The molecule has 2 aromatic carbocycles. The molecule has 96 valence electrons. The Labute approximate surface area is 111 Å². The lowest BCUT2D eigenvalue weighted by Gasteiger charge is -2.15. The highest BCUT2D eigenvalue weighted by Crippen LogP contribution is 2.29. The number of rotatable bonds is 0. The lowest BCUT2D eigenvalue weighted by molar-refractivity contribution is 0.0835. The lowest BCUT2D eigenvalue weighted by Crippen LogP contribution is -2.34. The summed E-state index contributed by atoms with van der Waals surface area (Å²) in [6, 6.07) is 6.13. The summed E-state index contributed by atoms with van der Waals surface area (Å²) in [5.74, 6) is -1.91. The molecule has 0 aromatic heterocycles. The van der Waals surface area contributed by atoms with E-state index in [4.69, 9.17) is 0 Å². The van der Waals surface area contributed by atoms with Crippen molar-refractivity contribution in [3.63, 3.8) is 0 Å². The van der Waals surface area contributed by atoms with Gasteiger partial charge in [-0.05, 0) is 35.0 Å². The molecular weight excluding hydrogens is 260 g/mol. The van der Waals surface area contributed by atoms with E-state index in [1.165, 1.54) is 18.2 Å².